The lowest BCUT2D eigenvalue weighted by Gasteiger charge is -2.43. The number of benzene rings is 3. The van der Waals surface area contributed by atoms with Crippen molar-refractivity contribution in [2.45, 2.75) is 6.04 Å². The summed E-state index contributed by atoms with van der Waals surface area (Å²) in [5, 5.41) is 4.85. The average Bonchev–Trinajstić information content (AvgIpc) is 3.23. The Labute approximate surface area is 205 Å². The predicted octanol–water partition coefficient (Wildman–Crippen LogP) is 7.57. The van der Waals surface area contributed by atoms with Gasteiger partial charge in [-0.05, 0) is 42.0 Å². The Balaban J connectivity index is 1.50. The molecule has 1 fully saturated rings. The fraction of sp³-hybridized carbons (Fsp3) is 0.160. The van der Waals surface area contributed by atoms with Gasteiger partial charge in [0.05, 0.1) is 22.3 Å². The van der Waals surface area contributed by atoms with Crippen LogP contribution in [-0.2, 0) is 0 Å². The molecule has 0 N–H and O–H groups in total. The molecule has 3 aromatic carbocycles. The van der Waals surface area contributed by atoms with Crippen LogP contribution < -0.4 is 4.90 Å². The Morgan fingerprint density at radius 1 is 0.906 bits per heavy atom. The van der Waals surface area contributed by atoms with Gasteiger partial charge in [0.2, 0.25) is 0 Å². The van der Waals surface area contributed by atoms with Crippen molar-refractivity contribution in [2.24, 2.45) is 0 Å². The Bertz CT molecular complexity index is 1290. The highest BCUT2D eigenvalue weighted by molar-refractivity contribution is 7.17. The van der Waals surface area contributed by atoms with Crippen LogP contribution in [0.1, 0.15) is 22.0 Å². The first-order valence-electron chi connectivity index (χ1n) is 10.2. The van der Waals surface area contributed by atoms with E-state index in [2.05, 4.69) is 4.90 Å². The molecule has 1 atom stereocenters. The third-order valence-electron chi connectivity index (χ3n) is 5.85. The van der Waals surface area contributed by atoms with E-state index in [0.29, 0.717) is 34.7 Å². The Hall–Kier alpha value is -2.24. The lowest BCUT2D eigenvalue weighted by Crippen LogP contribution is -2.50. The van der Waals surface area contributed by atoms with Gasteiger partial charge in [-0.15, -0.1) is 11.3 Å². The molecule has 1 saturated heterocycles. The maximum Gasteiger partial charge on any atom is 0.255 e. The molecule has 32 heavy (non-hydrogen) atoms. The summed E-state index contributed by atoms with van der Waals surface area (Å²) in [4.78, 5) is 17.7. The molecular weight excluding hydrogens is 483 g/mol. The number of piperazine rings is 1. The average molecular weight is 502 g/mol. The zero-order valence-electron chi connectivity index (χ0n) is 17.0. The summed E-state index contributed by atoms with van der Waals surface area (Å²) in [5.74, 6) is 0.0586. The summed E-state index contributed by atoms with van der Waals surface area (Å²) in [6.45, 7) is 1.80. The van der Waals surface area contributed by atoms with Crippen LogP contribution in [0, 0.1) is 0 Å². The van der Waals surface area contributed by atoms with Gasteiger partial charge in [0.15, 0.2) is 0 Å². The van der Waals surface area contributed by atoms with Crippen molar-refractivity contribution < 1.29 is 4.79 Å². The van der Waals surface area contributed by atoms with Gasteiger partial charge in [0.25, 0.3) is 5.91 Å². The molecule has 1 unspecified atom stereocenters. The summed E-state index contributed by atoms with van der Waals surface area (Å²) < 4.78 is 1.12. The second-order valence-electron chi connectivity index (χ2n) is 7.75. The molecule has 0 aliphatic carbocycles. The first kappa shape index (κ1) is 21.6. The smallest absolute Gasteiger partial charge is 0.255 e. The van der Waals surface area contributed by atoms with Crippen molar-refractivity contribution in [2.75, 3.05) is 24.5 Å². The number of hydrogen-bond acceptors (Lipinski definition) is 3. The van der Waals surface area contributed by atoms with E-state index >= 15 is 0 Å². The fourth-order valence-corrected chi connectivity index (χ4v) is 5.83. The van der Waals surface area contributed by atoms with Crippen molar-refractivity contribution in [1.82, 2.24) is 4.90 Å². The fourth-order valence-electron chi connectivity index (χ4n) is 4.25. The van der Waals surface area contributed by atoms with Crippen molar-refractivity contribution >= 4 is 67.8 Å². The lowest BCUT2D eigenvalue weighted by molar-refractivity contribution is 0.0724. The highest BCUT2D eigenvalue weighted by Crippen LogP contribution is 2.37. The van der Waals surface area contributed by atoms with Crippen LogP contribution in [-0.4, -0.2) is 30.4 Å². The number of rotatable bonds is 3. The summed E-state index contributed by atoms with van der Waals surface area (Å²) in [5.41, 5.74) is 2.75. The van der Waals surface area contributed by atoms with Gasteiger partial charge in [-0.2, -0.15) is 0 Å². The summed E-state index contributed by atoms with van der Waals surface area (Å²) in [6.07, 6.45) is 0. The Morgan fingerprint density at radius 2 is 1.66 bits per heavy atom. The maximum atomic E-state index is 13.5. The van der Waals surface area contributed by atoms with Gasteiger partial charge < -0.3 is 9.80 Å². The molecule has 2 heterocycles. The number of anilines is 1. The molecule has 0 spiro atoms. The number of thiophene rings is 1. The minimum atomic E-state index is -0.0615. The number of halogens is 3. The van der Waals surface area contributed by atoms with Crippen molar-refractivity contribution in [3.05, 3.63) is 98.3 Å². The number of carbonyl (C=O) groups is 1. The van der Waals surface area contributed by atoms with E-state index in [1.165, 1.54) is 0 Å². The summed E-state index contributed by atoms with van der Waals surface area (Å²) >= 11 is 20.4. The minimum Gasteiger partial charge on any atom is -0.360 e. The summed E-state index contributed by atoms with van der Waals surface area (Å²) in [7, 11) is 0. The van der Waals surface area contributed by atoms with Crippen molar-refractivity contribution in [1.29, 1.82) is 0 Å². The highest BCUT2D eigenvalue weighted by atomic mass is 35.5. The van der Waals surface area contributed by atoms with Crippen LogP contribution in [0.15, 0.2) is 72.1 Å². The van der Waals surface area contributed by atoms with Gasteiger partial charge in [-0.25, -0.2) is 0 Å². The largest absolute Gasteiger partial charge is 0.360 e. The zero-order valence-corrected chi connectivity index (χ0v) is 20.1. The topological polar surface area (TPSA) is 23.6 Å². The molecular formula is C25H19Cl3N2OS. The molecule has 3 nitrogen and oxygen atoms in total. The molecule has 0 bridgehead atoms. The highest BCUT2D eigenvalue weighted by Gasteiger charge is 2.33. The monoisotopic (exact) mass is 500 g/mol. The molecule has 162 valence electrons. The van der Waals surface area contributed by atoms with E-state index in [-0.39, 0.29) is 11.9 Å². The van der Waals surface area contributed by atoms with E-state index in [9.17, 15) is 4.79 Å². The molecule has 7 heteroatoms. The molecule has 0 radical (unpaired) electrons. The van der Waals surface area contributed by atoms with Crippen LogP contribution in [0.5, 0.6) is 0 Å². The zero-order chi connectivity index (χ0) is 22.2. The standard InChI is InChI=1S/C25H19Cl3N2OS/c26-17-7-5-16(6-8-17)23-14-29(11-12-30(23)22-10-9-18(27)13-21(22)28)25(31)20-15-32-24-4-2-1-3-19(20)24/h1-10,13,15,23H,11-12,14H2. The third-order valence-corrected chi connectivity index (χ3v) is 7.61. The molecule has 5 rings (SSSR count). The quantitative estimate of drug-likeness (QED) is 0.289. The van der Waals surface area contributed by atoms with Gasteiger partial charge in [0, 0.05) is 45.1 Å². The molecule has 4 aromatic rings. The Morgan fingerprint density at radius 3 is 2.44 bits per heavy atom. The minimum absolute atomic E-state index is 0.0586. The van der Waals surface area contributed by atoms with Crippen molar-refractivity contribution in [3.63, 3.8) is 0 Å². The van der Waals surface area contributed by atoms with Crippen LogP contribution in [0.2, 0.25) is 15.1 Å². The molecule has 1 aliphatic heterocycles. The first-order valence-corrected chi connectivity index (χ1v) is 12.3. The van der Waals surface area contributed by atoms with E-state index in [0.717, 1.165) is 26.9 Å². The van der Waals surface area contributed by atoms with Crippen LogP contribution in [0.4, 0.5) is 5.69 Å². The van der Waals surface area contributed by atoms with Crippen LogP contribution >= 0.6 is 46.1 Å². The second-order valence-corrected chi connectivity index (χ2v) is 9.94. The van der Waals surface area contributed by atoms with Crippen LogP contribution in [0.25, 0.3) is 10.1 Å². The predicted molar refractivity (Wildman–Crippen MR) is 136 cm³/mol. The van der Waals surface area contributed by atoms with E-state index in [4.69, 9.17) is 34.8 Å². The Kier molecular flexibility index (Phi) is 6.04. The van der Waals surface area contributed by atoms with Crippen molar-refractivity contribution in [3.8, 4) is 0 Å². The normalized spacial score (nSPS) is 16.5. The van der Waals surface area contributed by atoms with E-state index in [1.54, 1.807) is 17.4 Å². The number of fused-ring (bicyclic) bond motifs is 1. The lowest BCUT2D eigenvalue weighted by atomic mass is 10.0. The summed E-state index contributed by atoms with van der Waals surface area (Å²) in [6, 6.07) is 21.3. The van der Waals surface area contributed by atoms with E-state index < -0.39 is 0 Å². The van der Waals surface area contributed by atoms with Gasteiger partial charge in [-0.1, -0.05) is 65.1 Å². The molecule has 1 aromatic heterocycles. The SMILES string of the molecule is O=C(c1csc2ccccc12)N1CCN(c2ccc(Cl)cc2Cl)C(c2ccc(Cl)cc2)C1. The van der Waals surface area contributed by atoms with Gasteiger partial charge >= 0.3 is 0 Å². The number of carbonyl (C=O) groups excluding carboxylic acids is 1. The van der Waals surface area contributed by atoms with Gasteiger partial charge in [-0.3, -0.25) is 4.79 Å². The molecule has 1 amide bonds. The van der Waals surface area contributed by atoms with E-state index in [1.807, 2.05) is 70.9 Å². The number of nitrogens with zero attached hydrogens (tertiary/aromatic N) is 2. The molecule has 0 saturated carbocycles. The second kappa shape index (κ2) is 8.95. The maximum absolute atomic E-state index is 13.5. The number of amides is 1. The molecule has 1 aliphatic rings. The van der Waals surface area contributed by atoms with Gasteiger partial charge in [0.1, 0.15) is 0 Å². The first-order chi connectivity index (χ1) is 15.5. The number of hydrogen-bond donors (Lipinski definition) is 0. The third kappa shape index (κ3) is 4.08. The van der Waals surface area contributed by atoms with Crippen LogP contribution in [0.3, 0.4) is 0 Å².